The summed E-state index contributed by atoms with van der Waals surface area (Å²) in [6.07, 6.45) is 1.69. The summed E-state index contributed by atoms with van der Waals surface area (Å²) in [6.45, 7) is 2.07. The number of aromatic nitrogens is 2. The van der Waals surface area contributed by atoms with Crippen LogP contribution in [-0.2, 0) is 19.9 Å². The van der Waals surface area contributed by atoms with Crippen LogP contribution in [0.3, 0.4) is 0 Å². The summed E-state index contributed by atoms with van der Waals surface area (Å²) in [5.74, 6) is 3.62. The Morgan fingerprint density at radius 1 is 1.56 bits per heavy atom. The van der Waals surface area contributed by atoms with E-state index in [1.807, 2.05) is 35.3 Å². The van der Waals surface area contributed by atoms with Crippen LogP contribution in [0.4, 0.5) is 0 Å². The second kappa shape index (κ2) is 6.55. The lowest BCUT2D eigenvalue weighted by molar-refractivity contribution is 0.612. The van der Waals surface area contributed by atoms with E-state index in [2.05, 4.69) is 12.0 Å². The van der Waals surface area contributed by atoms with Crippen molar-refractivity contribution >= 4 is 35.1 Å². The fraction of sp³-hybridized carbons (Fsp3) is 0.750. The average Bonchev–Trinajstić information content (AvgIpc) is 2.67. The molecule has 2 rings (SSSR count). The van der Waals surface area contributed by atoms with Crippen molar-refractivity contribution in [2.24, 2.45) is 12.8 Å². The Morgan fingerprint density at radius 2 is 2.33 bits per heavy atom. The quantitative estimate of drug-likeness (QED) is 0.927. The number of aryl methyl sites for hydroxylation is 2. The number of rotatable bonds is 4. The third kappa shape index (κ3) is 3.18. The lowest BCUT2D eigenvalue weighted by atomic mass is 10.1. The van der Waals surface area contributed by atoms with Crippen LogP contribution in [0.5, 0.6) is 0 Å². The Bertz CT molecular complexity index is 402. The summed E-state index contributed by atoms with van der Waals surface area (Å²) >= 11 is 10.4. The molecule has 0 amide bonds. The van der Waals surface area contributed by atoms with Crippen LogP contribution in [-0.4, -0.2) is 38.3 Å². The van der Waals surface area contributed by atoms with Crippen LogP contribution >= 0.6 is 35.1 Å². The lowest BCUT2D eigenvalue weighted by Crippen LogP contribution is -2.38. The van der Waals surface area contributed by atoms with Gasteiger partial charge in [-0.25, -0.2) is 0 Å². The van der Waals surface area contributed by atoms with Gasteiger partial charge in [0.15, 0.2) is 0 Å². The Balaban J connectivity index is 2.06. The zero-order valence-corrected chi connectivity index (χ0v) is 13.2. The highest BCUT2D eigenvalue weighted by molar-refractivity contribution is 8.06. The second-order valence-corrected chi connectivity index (χ2v) is 7.41. The fourth-order valence-electron chi connectivity index (χ4n) is 2.15. The van der Waals surface area contributed by atoms with Crippen molar-refractivity contribution in [3.05, 3.63) is 16.4 Å². The third-order valence-corrected chi connectivity index (χ3v) is 6.63. The van der Waals surface area contributed by atoms with Gasteiger partial charge in [-0.2, -0.15) is 28.6 Å². The molecule has 0 saturated carbocycles. The summed E-state index contributed by atoms with van der Waals surface area (Å²) in [6, 6.07) is 0.167. The molecule has 18 heavy (non-hydrogen) atoms. The van der Waals surface area contributed by atoms with Crippen LogP contribution in [0.1, 0.15) is 18.3 Å². The van der Waals surface area contributed by atoms with E-state index in [1.54, 1.807) is 0 Å². The molecule has 0 radical (unpaired) electrons. The largest absolute Gasteiger partial charge is 0.326 e. The van der Waals surface area contributed by atoms with Crippen LogP contribution < -0.4 is 5.73 Å². The van der Waals surface area contributed by atoms with Gasteiger partial charge in [0.1, 0.15) is 0 Å². The smallest absolute Gasteiger partial charge is 0.0850 e. The molecule has 0 aromatic carbocycles. The maximum absolute atomic E-state index is 6.36. The normalized spacial score (nSPS) is 22.1. The minimum absolute atomic E-state index is 0.167. The predicted molar refractivity (Wildman–Crippen MR) is 82.8 cm³/mol. The number of hydrogen-bond donors (Lipinski definition) is 1. The van der Waals surface area contributed by atoms with E-state index in [0.717, 1.165) is 35.0 Å². The van der Waals surface area contributed by atoms with Gasteiger partial charge in [-0.05, 0) is 6.42 Å². The number of thioether (sulfide) groups is 2. The van der Waals surface area contributed by atoms with E-state index in [9.17, 15) is 0 Å². The molecule has 2 heterocycles. The summed E-state index contributed by atoms with van der Waals surface area (Å²) in [5.41, 5.74) is 8.39. The summed E-state index contributed by atoms with van der Waals surface area (Å²) < 4.78 is 1.89. The monoisotopic (exact) mass is 305 g/mol. The van der Waals surface area contributed by atoms with Crippen LogP contribution in [0.25, 0.3) is 0 Å². The Morgan fingerprint density at radius 3 is 2.89 bits per heavy atom. The first-order valence-electron chi connectivity index (χ1n) is 6.28. The molecule has 0 aliphatic carbocycles. The van der Waals surface area contributed by atoms with Crippen molar-refractivity contribution in [3.63, 3.8) is 0 Å². The van der Waals surface area contributed by atoms with Crippen LogP contribution in [0.2, 0.25) is 5.02 Å². The molecule has 1 saturated heterocycles. The van der Waals surface area contributed by atoms with Gasteiger partial charge in [0.2, 0.25) is 0 Å². The lowest BCUT2D eigenvalue weighted by Gasteiger charge is -2.26. The van der Waals surface area contributed by atoms with E-state index in [1.165, 1.54) is 11.5 Å². The van der Waals surface area contributed by atoms with Crippen molar-refractivity contribution in [2.45, 2.75) is 31.1 Å². The minimum Gasteiger partial charge on any atom is -0.326 e. The third-order valence-electron chi connectivity index (χ3n) is 3.25. The van der Waals surface area contributed by atoms with Gasteiger partial charge in [-0.3, -0.25) is 4.68 Å². The second-order valence-electron chi connectivity index (χ2n) is 4.54. The topological polar surface area (TPSA) is 43.8 Å². The SMILES string of the molecule is CCc1nn(C)c(CC(N)C2CSCCS2)c1Cl. The fourth-order valence-corrected chi connectivity index (χ4v) is 5.34. The summed E-state index contributed by atoms with van der Waals surface area (Å²) in [7, 11) is 1.95. The molecule has 1 fully saturated rings. The number of hydrogen-bond acceptors (Lipinski definition) is 4. The molecule has 102 valence electrons. The van der Waals surface area contributed by atoms with Gasteiger partial charge in [0.05, 0.1) is 16.4 Å². The molecular weight excluding hydrogens is 286 g/mol. The van der Waals surface area contributed by atoms with E-state index in [0.29, 0.717) is 5.25 Å². The molecule has 0 bridgehead atoms. The molecule has 0 spiro atoms. The van der Waals surface area contributed by atoms with E-state index >= 15 is 0 Å². The Hall–Kier alpha value is 0.160. The standard InChI is InChI=1S/C12H20ClN3S2/c1-3-9-12(13)10(16(2)15-9)6-8(14)11-7-17-4-5-18-11/h8,11H,3-7,14H2,1-2H3. The Kier molecular flexibility index (Phi) is 5.30. The predicted octanol–water partition coefficient (Wildman–Crippen LogP) is 2.35. The van der Waals surface area contributed by atoms with Crippen molar-refractivity contribution in [1.82, 2.24) is 9.78 Å². The molecule has 3 nitrogen and oxygen atoms in total. The number of nitrogens with two attached hydrogens (primary N) is 1. The van der Waals surface area contributed by atoms with Gasteiger partial charge in [0.25, 0.3) is 0 Å². The molecule has 1 aromatic rings. The highest BCUT2D eigenvalue weighted by Gasteiger charge is 2.24. The molecule has 6 heteroatoms. The summed E-state index contributed by atoms with van der Waals surface area (Å²) in [5, 5.41) is 5.79. The van der Waals surface area contributed by atoms with Crippen molar-refractivity contribution in [1.29, 1.82) is 0 Å². The molecular formula is C12H20ClN3S2. The first-order chi connectivity index (χ1) is 8.63. The van der Waals surface area contributed by atoms with E-state index in [4.69, 9.17) is 17.3 Å². The maximum Gasteiger partial charge on any atom is 0.0850 e. The highest BCUT2D eigenvalue weighted by Crippen LogP contribution is 2.29. The van der Waals surface area contributed by atoms with Crippen LogP contribution in [0.15, 0.2) is 0 Å². The average molecular weight is 306 g/mol. The maximum atomic E-state index is 6.36. The number of halogens is 1. The van der Waals surface area contributed by atoms with Crippen molar-refractivity contribution in [2.75, 3.05) is 17.3 Å². The van der Waals surface area contributed by atoms with Gasteiger partial charge >= 0.3 is 0 Å². The molecule has 2 atom stereocenters. The minimum atomic E-state index is 0.167. The first kappa shape index (κ1) is 14.6. The Labute approximate surface area is 122 Å². The molecule has 2 N–H and O–H groups in total. The van der Waals surface area contributed by atoms with Crippen molar-refractivity contribution in [3.8, 4) is 0 Å². The zero-order valence-electron chi connectivity index (χ0n) is 10.9. The number of nitrogens with zero attached hydrogens (tertiary/aromatic N) is 2. The van der Waals surface area contributed by atoms with Gasteiger partial charge in [-0.1, -0.05) is 18.5 Å². The molecule has 2 unspecified atom stereocenters. The molecule has 1 aliphatic rings. The summed E-state index contributed by atoms with van der Waals surface area (Å²) in [4.78, 5) is 0. The van der Waals surface area contributed by atoms with Gasteiger partial charge in [0, 0.05) is 42.0 Å². The zero-order chi connectivity index (χ0) is 13.1. The van der Waals surface area contributed by atoms with E-state index in [-0.39, 0.29) is 6.04 Å². The van der Waals surface area contributed by atoms with Crippen molar-refractivity contribution < 1.29 is 0 Å². The molecule has 1 aromatic heterocycles. The first-order valence-corrected chi connectivity index (χ1v) is 8.86. The van der Waals surface area contributed by atoms with Gasteiger partial charge < -0.3 is 5.73 Å². The van der Waals surface area contributed by atoms with Gasteiger partial charge in [-0.15, -0.1) is 0 Å². The van der Waals surface area contributed by atoms with E-state index < -0.39 is 0 Å². The highest BCUT2D eigenvalue weighted by atomic mass is 35.5. The van der Waals surface area contributed by atoms with Crippen LogP contribution in [0, 0.1) is 0 Å². The molecule has 1 aliphatic heterocycles.